The Morgan fingerprint density at radius 2 is 2.08 bits per heavy atom. The third kappa shape index (κ3) is 2.31. The van der Waals surface area contributed by atoms with Crippen molar-refractivity contribution in [3.63, 3.8) is 0 Å². The van der Waals surface area contributed by atoms with E-state index in [4.69, 9.17) is 10.5 Å². The molecule has 1 aromatic heterocycles. The molecule has 0 aliphatic carbocycles. The number of fused-ring (bicyclic) bond motifs is 3. The van der Waals surface area contributed by atoms with E-state index in [0.717, 1.165) is 22.0 Å². The lowest BCUT2D eigenvalue weighted by Crippen LogP contribution is -2.21. The maximum absolute atomic E-state index is 13.7. The van der Waals surface area contributed by atoms with Crippen LogP contribution in [0.2, 0.25) is 0 Å². The normalized spacial score (nSPS) is 16.5. The zero-order valence-corrected chi connectivity index (χ0v) is 14.8. The van der Waals surface area contributed by atoms with Crippen molar-refractivity contribution < 1.29 is 9.13 Å². The molecule has 2 aromatic carbocycles. The van der Waals surface area contributed by atoms with Crippen LogP contribution < -0.4 is 10.5 Å². The molecule has 124 valence electrons. The molecule has 0 radical (unpaired) electrons. The second-order valence-electron chi connectivity index (χ2n) is 5.94. The molecule has 0 amide bonds. The smallest absolute Gasteiger partial charge is 0.205 e. The van der Waals surface area contributed by atoms with E-state index in [-0.39, 0.29) is 11.7 Å². The quantitative estimate of drug-likeness (QED) is 0.665. The first-order valence-corrected chi connectivity index (χ1v) is 8.41. The van der Waals surface area contributed by atoms with Gasteiger partial charge in [0.25, 0.3) is 0 Å². The second-order valence-corrected chi connectivity index (χ2v) is 6.80. The third-order valence-corrected chi connectivity index (χ3v) is 5.13. The predicted octanol–water partition coefficient (Wildman–Crippen LogP) is 4.30. The molecule has 4 rings (SSSR count). The highest BCUT2D eigenvalue weighted by molar-refractivity contribution is 9.10. The maximum atomic E-state index is 13.7. The first-order valence-electron chi connectivity index (χ1n) is 7.61. The molecule has 4 nitrogen and oxygen atoms in total. The van der Waals surface area contributed by atoms with Crippen molar-refractivity contribution in [2.24, 2.45) is 12.8 Å². The van der Waals surface area contributed by atoms with Gasteiger partial charge in [-0.05, 0) is 45.8 Å². The molecule has 3 aromatic rings. The van der Waals surface area contributed by atoms with Gasteiger partial charge in [-0.2, -0.15) is 5.26 Å². The maximum Gasteiger partial charge on any atom is 0.205 e. The molecule has 0 saturated carbocycles. The van der Waals surface area contributed by atoms with E-state index in [1.54, 1.807) is 12.1 Å². The molecule has 25 heavy (non-hydrogen) atoms. The monoisotopic (exact) mass is 397 g/mol. The van der Waals surface area contributed by atoms with Crippen LogP contribution in [0.4, 0.5) is 4.39 Å². The number of ether oxygens (including phenoxy) is 1. The molecular formula is C19H13BrFN3O. The van der Waals surface area contributed by atoms with Crippen LogP contribution in [0.5, 0.6) is 5.75 Å². The summed E-state index contributed by atoms with van der Waals surface area (Å²) in [6, 6.07) is 12.7. The van der Waals surface area contributed by atoms with Gasteiger partial charge >= 0.3 is 0 Å². The molecule has 6 heteroatoms. The summed E-state index contributed by atoms with van der Waals surface area (Å²) < 4.78 is 21.8. The van der Waals surface area contributed by atoms with E-state index in [0.29, 0.717) is 15.8 Å². The van der Waals surface area contributed by atoms with Crippen molar-refractivity contribution in [2.75, 3.05) is 0 Å². The second kappa shape index (κ2) is 5.64. The number of nitriles is 1. The fraction of sp³-hybridized carbons (Fsp3) is 0.105. The molecule has 1 unspecified atom stereocenters. The minimum Gasteiger partial charge on any atom is -0.439 e. The van der Waals surface area contributed by atoms with E-state index >= 15 is 0 Å². The van der Waals surface area contributed by atoms with Crippen LogP contribution in [-0.2, 0) is 7.05 Å². The number of aryl methyl sites for hydroxylation is 1. The number of hydrogen-bond donors (Lipinski definition) is 1. The van der Waals surface area contributed by atoms with E-state index in [9.17, 15) is 9.65 Å². The molecule has 0 spiro atoms. The van der Waals surface area contributed by atoms with Crippen molar-refractivity contribution in [3.8, 4) is 11.8 Å². The number of allylic oxidation sites excluding steroid dienone is 1. The number of halogens is 2. The lowest BCUT2D eigenvalue weighted by molar-refractivity contribution is 0.398. The zero-order valence-electron chi connectivity index (χ0n) is 13.3. The number of aromatic nitrogens is 1. The Morgan fingerprint density at radius 1 is 1.28 bits per heavy atom. The molecule has 0 bridgehead atoms. The van der Waals surface area contributed by atoms with Gasteiger partial charge in [0.05, 0.1) is 15.9 Å². The number of hydrogen-bond acceptors (Lipinski definition) is 3. The van der Waals surface area contributed by atoms with Crippen molar-refractivity contribution >= 4 is 26.8 Å². The zero-order chi connectivity index (χ0) is 17.7. The van der Waals surface area contributed by atoms with E-state index in [1.165, 1.54) is 6.07 Å². The Kier molecular flexibility index (Phi) is 3.55. The first kappa shape index (κ1) is 15.7. The van der Waals surface area contributed by atoms with Crippen LogP contribution in [0.1, 0.15) is 17.0 Å². The number of nitrogens with two attached hydrogens (primary N) is 1. The molecular weight excluding hydrogens is 385 g/mol. The Hall–Kier alpha value is -2.78. The van der Waals surface area contributed by atoms with Crippen LogP contribution in [0.15, 0.2) is 58.5 Å². The van der Waals surface area contributed by atoms with Gasteiger partial charge in [-0.3, -0.25) is 0 Å². The summed E-state index contributed by atoms with van der Waals surface area (Å²) in [5.74, 6) is -0.0443. The van der Waals surface area contributed by atoms with Crippen LogP contribution in [-0.4, -0.2) is 4.57 Å². The van der Waals surface area contributed by atoms with E-state index in [1.807, 2.05) is 36.0 Å². The van der Waals surface area contributed by atoms with Crippen molar-refractivity contribution in [1.82, 2.24) is 4.57 Å². The van der Waals surface area contributed by atoms with Crippen molar-refractivity contribution in [2.45, 2.75) is 5.92 Å². The summed E-state index contributed by atoms with van der Waals surface area (Å²) in [7, 11) is 1.95. The van der Waals surface area contributed by atoms with Crippen LogP contribution >= 0.6 is 15.9 Å². The summed E-state index contributed by atoms with van der Waals surface area (Å²) in [4.78, 5) is 0. The predicted molar refractivity (Wildman–Crippen MR) is 96.3 cm³/mol. The Bertz CT molecular complexity index is 1090. The van der Waals surface area contributed by atoms with Gasteiger partial charge in [0, 0.05) is 24.2 Å². The highest BCUT2D eigenvalue weighted by atomic mass is 79.9. The molecule has 0 fully saturated rings. The van der Waals surface area contributed by atoms with Gasteiger partial charge < -0.3 is 15.0 Å². The Balaban J connectivity index is 2.01. The van der Waals surface area contributed by atoms with Crippen molar-refractivity contribution in [3.05, 3.63) is 75.5 Å². The number of nitrogens with zero attached hydrogens (tertiary/aromatic N) is 2. The fourth-order valence-corrected chi connectivity index (χ4v) is 3.70. The fourth-order valence-electron chi connectivity index (χ4n) is 3.30. The molecule has 0 saturated heterocycles. The highest BCUT2D eigenvalue weighted by Gasteiger charge is 2.32. The van der Waals surface area contributed by atoms with Gasteiger partial charge in [-0.1, -0.05) is 12.1 Å². The molecule has 1 aliphatic rings. The standard InChI is InChI=1S/C19H13BrFN3O/c1-24-7-6-11-16(24)5-3-12-17(10-2-4-15(21)14(20)8-10)13(9-22)19(23)25-18(11)12/h2-8,17H,23H2,1H3. The number of benzene rings is 2. The Morgan fingerprint density at radius 3 is 2.80 bits per heavy atom. The SMILES string of the molecule is Cn1ccc2c3c(ccc21)C(c1ccc(F)c(Br)c1)C(C#N)=C(N)O3. The van der Waals surface area contributed by atoms with Crippen LogP contribution in [0, 0.1) is 17.1 Å². The lowest BCUT2D eigenvalue weighted by atomic mass is 9.83. The summed E-state index contributed by atoms with van der Waals surface area (Å²) in [6.07, 6.45) is 1.94. The minimum atomic E-state index is -0.407. The molecule has 2 heterocycles. The van der Waals surface area contributed by atoms with E-state index < -0.39 is 5.92 Å². The van der Waals surface area contributed by atoms with Gasteiger partial charge in [-0.25, -0.2) is 4.39 Å². The average molecular weight is 398 g/mol. The number of rotatable bonds is 1. The van der Waals surface area contributed by atoms with Gasteiger partial charge in [0.2, 0.25) is 5.88 Å². The lowest BCUT2D eigenvalue weighted by Gasteiger charge is -2.27. The summed E-state index contributed by atoms with van der Waals surface area (Å²) in [5.41, 5.74) is 8.97. The highest BCUT2D eigenvalue weighted by Crippen LogP contribution is 2.45. The van der Waals surface area contributed by atoms with Crippen LogP contribution in [0.25, 0.3) is 10.9 Å². The van der Waals surface area contributed by atoms with E-state index in [2.05, 4.69) is 22.0 Å². The first-order chi connectivity index (χ1) is 12.0. The molecule has 2 N–H and O–H groups in total. The topological polar surface area (TPSA) is 64.0 Å². The molecule has 1 aliphatic heterocycles. The van der Waals surface area contributed by atoms with Gasteiger partial charge in [0.15, 0.2) is 0 Å². The Labute approximate surface area is 152 Å². The van der Waals surface area contributed by atoms with Crippen LogP contribution in [0.3, 0.4) is 0 Å². The summed E-state index contributed by atoms with van der Waals surface area (Å²) >= 11 is 3.21. The largest absolute Gasteiger partial charge is 0.439 e. The third-order valence-electron chi connectivity index (χ3n) is 4.52. The minimum absolute atomic E-state index is 0.0804. The summed E-state index contributed by atoms with van der Waals surface area (Å²) in [6.45, 7) is 0. The average Bonchev–Trinajstić information content (AvgIpc) is 2.98. The van der Waals surface area contributed by atoms with Crippen molar-refractivity contribution in [1.29, 1.82) is 5.26 Å². The van der Waals surface area contributed by atoms with Gasteiger partial charge in [0.1, 0.15) is 23.2 Å². The summed E-state index contributed by atoms with van der Waals surface area (Å²) in [5, 5.41) is 10.5. The van der Waals surface area contributed by atoms with Gasteiger partial charge in [-0.15, -0.1) is 0 Å². The molecule has 1 atom stereocenters.